The van der Waals surface area contributed by atoms with Gasteiger partial charge in [-0.1, -0.05) is 48.0 Å². The third-order valence-corrected chi connectivity index (χ3v) is 5.59. The lowest BCUT2D eigenvalue weighted by molar-refractivity contribution is 0.626. The number of aromatic nitrogens is 3. The largest absolute Gasteiger partial charge is 0.342 e. The van der Waals surface area contributed by atoms with Crippen molar-refractivity contribution in [2.45, 2.75) is 6.54 Å². The fraction of sp³-hybridized carbons (Fsp3) is 0.0400. The average molecular weight is 427 g/mol. The zero-order valence-electron chi connectivity index (χ0n) is 16.3. The summed E-state index contributed by atoms with van der Waals surface area (Å²) in [6, 6.07) is 22.3. The maximum atomic E-state index is 13.4. The van der Waals surface area contributed by atoms with Gasteiger partial charge >= 0.3 is 0 Å². The number of imidazole rings is 1. The summed E-state index contributed by atoms with van der Waals surface area (Å²) in [7, 11) is 0. The van der Waals surface area contributed by atoms with Gasteiger partial charge in [0, 0.05) is 34.2 Å². The summed E-state index contributed by atoms with van der Waals surface area (Å²) in [6.45, 7) is 0.486. The number of hydrogen-bond acceptors (Lipinski definition) is 2. The average Bonchev–Trinajstić information content (AvgIpc) is 3.36. The first kappa shape index (κ1) is 19.1. The maximum Gasteiger partial charge on any atom is 0.149 e. The molecule has 1 N–H and O–H groups in total. The molecule has 6 heteroatoms. The minimum atomic E-state index is -0.362. The molecule has 150 valence electrons. The first-order valence-corrected chi connectivity index (χ1v) is 10.1. The highest BCUT2D eigenvalue weighted by atomic mass is 35.5. The molecule has 0 aliphatic carbocycles. The van der Waals surface area contributed by atoms with Gasteiger partial charge in [0.1, 0.15) is 17.7 Å². The molecule has 0 amide bonds. The Bertz CT molecular complexity index is 1470. The molecule has 3 aromatic carbocycles. The third-order valence-electron chi connectivity index (χ3n) is 5.24. The van der Waals surface area contributed by atoms with Crippen LogP contribution in [0.5, 0.6) is 0 Å². The van der Waals surface area contributed by atoms with Crippen LogP contribution >= 0.6 is 11.6 Å². The number of fused-ring (bicyclic) bond motifs is 2. The van der Waals surface area contributed by atoms with Gasteiger partial charge in [-0.2, -0.15) is 5.26 Å². The van der Waals surface area contributed by atoms with Crippen molar-refractivity contribution in [2.75, 3.05) is 0 Å². The molecule has 0 aliphatic rings. The second-order valence-electron chi connectivity index (χ2n) is 7.24. The Morgan fingerprint density at radius 2 is 1.94 bits per heavy atom. The number of para-hydroxylation sites is 3. The van der Waals surface area contributed by atoms with Crippen molar-refractivity contribution >= 4 is 45.2 Å². The van der Waals surface area contributed by atoms with Crippen LogP contribution in [0.25, 0.3) is 33.6 Å². The monoisotopic (exact) mass is 426 g/mol. The van der Waals surface area contributed by atoms with Gasteiger partial charge in [-0.3, -0.25) is 0 Å². The summed E-state index contributed by atoms with van der Waals surface area (Å²) in [5, 5.41) is 11.2. The van der Waals surface area contributed by atoms with Crippen molar-refractivity contribution in [2.24, 2.45) is 0 Å². The highest BCUT2D eigenvalue weighted by molar-refractivity contribution is 6.31. The van der Waals surface area contributed by atoms with Crippen molar-refractivity contribution in [1.82, 2.24) is 14.5 Å². The van der Waals surface area contributed by atoms with E-state index >= 15 is 0 Å². The van der Waals surface area contributed by atoms with Crippen LogP contribution in [0.2, 0.25) is 5.02 Å². The van der Waals surface area contributed by atoms with E-state index in [1.807, 2.05) is 65.4 Å². The van der Waals surface area contributed by atoms with Gasteiger partial charge in [0.15, 0.2) is 0 Å². The van der Waals surface area contributed by atoms with Crippen LogP contribution in [0.4, 0.5) is 4.39 Å². The van der Waals surface area contributed by atoms with Crippen molar-refractivity contribution in [3.05, 3.63) is 101 Å². The van der Waals surface area contributed by atoms with Crippen LogP contribution in [-0.2, 0) is 6.54 Å². The number of rotatable bonds is 4. The number of nitrogens with one attached hydrogen (secondary N) is 1. The number of nitriles is 1. The van der Waals surface area contributed by atoms with E-state index < -0.39 is 0 Å². The number of halogens is 2. The Morgan fingerprint density at radius 1 is 1.13 bits per heavy atom. The quantitative estimate of drug-likeness (QED) is 0.337. The Hall–Kier alpha value is -3.88. The minimum Gasteiger partial charge on any atom is -0.342 e. The topological polar surface area (TPSA) is 57.4 Å². The fourth-order valence-corrected chi connectivity index (χ4v) is 3.97. The fourth-order valence-electron chi connectivity index (χ4n) is 3.74. The molecule has 31 heavy (non-hydrogen) atoms. The number of aromatic amines is 1. The molecular formula is C25H16ClFN4. The summed E-state index contributed by atoms with van der Waals surface area (Å²) < 4.78 is 15.5. The van der Waals surface area contributed by atoms with Crippen LogP contribution in [0.3, 0.4) is 0 Å². The van der Waals surface area contributed by atoms with E-state index in [-0.39, 0.29) is 5.82 Å². The molecule has 5 aromatic rings. The third kappa shape index (κ3) is 3.58. The summed E-state index contributed by atoms with van der Waals surface area (Å²) in [6.07, 6.45) is 3.81. The SMILES string of the molecule is N#C/C(=C\c1cn(Cc2ccc(F)cc2Cl)c2ccccc12)c1nc2ccccc2[nH]1. The molecule has 4 nitrogen and oxygen atoms in total. The number of hydrogen-bond donors (Lipinski definition) is 1. The van der Waals surface area contributed by atoms with E-state index in [0.717, 1.165) is 33.1 Å². The Kier molecular flexibility index (Phi) is 4.78. The standard InChI is InChI=1S/C25H16ClFN4/c26-21-12-19(27)10-9-16(21)14-31-15-18(20-5-1-4-8-24(20)31)11-17(13-28)25-29-22-6-2-3-7-23(22)30-25/h1-12,15H,14H2,(H,29,30)/b17-11+. The molecule has 0 unspecified atom stereocenters. The van der Waals surface area contributed by atoms with Gasteiger partial charge in [0.05, 0.1) is 16.6 Å². The molecule has 0 fully saturated rings. The lowest BCUT2D eigenvalue weighted by Gasteiger charge is -2.07. The minimum absolute atomic E-state index is 0.362. The van der Waals surface area contributed by atoms with E-state index in [0.29, 0.717) is 23.0 Å². The predicted octanol–water partition coefficient (Wildman–Crippen LogP) is 6.42. The highest BCUT2D eigenvalue weighted by Gasteiger charge is 2.12. The van der Waals surface area contributed by atoms with E-state index in [2.05, 4.69) is 16.0 Å². The van der Waals surface area contributed by atoms with E-state index in [1.165, 1.54) is 12.1 Å². The van der Waals surface area contributed by atoms with Crippen LogP contribution in [0, 0.1) is 17.1 Å². The van der Waals surface area contributed by atoms with Crippen LogP contribution in [0.1, 0.15) is 17.0 Å². The van der Waals surface area contributed by atoms with Gasteiger partial charge in [-0.25, -0.2) is 9.37 Å². The van der Waals surface area contributed by atoms with E-state index in [9.17, 15) is 9.65 Å². The molecule has 0 radical (unpaired) electrons. The summed E-state index contributed by atoms with van der Waals surface area (Å²) in [5.74, 6) is 0.168. The number of nitrogens with zero attached hydrogens (tertiary/aromatic N) is 3. The summed E-state index contributed by atoms with van der Waals surface area (Å²) >= 11 is 6.24. The summed E-state index contributed by atoms with van der Waals surface area (Å²) in [4.78, 5) is 7.76. The second kappa shape index (κ2) is 7.75. The van der Waals surface area contributed by atoms with Gasteiger partial charge in [0.25, 0.3) is 0 Å². The van der Waals surface area contributed by atoms with E-state index in [4.69, 9.17) is 11.6 Å². The van der Waals surface area contributed by atoms with E-state index in [1.54, 1.807) is 6.07 Å². The molecule has 2 heterocycles. The Labute approximate surface area is 182 Å². The number of allylic oxidation sites excluding steroid dienone is 1. The number of benzene rings is 3. The normalized spacial score (nSPS) is 11.8. The van der Waals surface area contributed by atoms with Crippen LogP contribution in [-0.4, -0.2) is 14.5 Å². The zero-order chi connectivity index (χ0) is 21.4. The smallest absolute Gasteiger partial charge is 0.149 e. The molecule has 0 saturated carbocycles. The summed E-state index contributed by atoms with van der Waals surface area (Å²) in [5.41, 5.74) is 4.84. The predicted molar refractivity (Wildman–Crippen MR) is 122 cm³/mol. The molecule has 0 spiro atoms. The van der Waals surface area contributed by atoms with Gasteiger partial charge in [0.2, 0.25) is 0 Å². The Morgan fingerprint density at radius 3 is 2.74 bits per heavy atom. The van der Waals surface area contributed by atoms with Crippen molar-refractivity contribution in [3.63, 3.8) is 0 Å². The lowest BCUT2D eigenvalue weighted by Crippen LogP contribution is -1.99. The molecule has 0 saturated heterocycles. The van der Waals surface area contributed by atoms with Gasteiger partial charge in [-0.15, -0.1) is 0 Å². The zero-order valence-corrected chi connectivity index (χ0v) is 17.1. The molecule has 0 aliphatic heterocycles. The lowest BCUT2D eigenvalue weighted by atomic mass is 10.1. The molecule has 5 rings (SSSR count). The first-order valence-electron chi connectivity index (χ1n) is 9.71. The molecule has 0 bridgehead atoms. The van der Waals surface area contributed by atoms with Crippen molar-refractivity contribution in [3.8, 4) is 6.07 Å². The molecule has 2 aromatic heterocycles. The molecular weight excluding hydrogens is 411 g/mol. The van der Waals surface area contributed by atoms with Crippen molar-refractivity contribution in [1.29, 1.82) is 5.26 Å². The number of H-pyrrole nitrogens is 1. The van der Waals surface area contributed by atoms with Crippen LogP contribution in [0.15, 0.2) is 72.9 Å². The van der Waals surface area contributed by atoms with Gasteiger partial charge < -0.3 is 9.55 Å². The van der Waals surface area contributed by atoms with Crippen molar-refractivity contribution < 1.29 is 4.39 Å². The second-order valence-corrected chi connectivity index (χ2v) is 7.64. The van der Waals surface area contributed by atoms with Gasteiger partial charge in [-0.05, 0) is 42.0 Å². The maximum absolute atomic E-state index is 13.4. The highest BCUT2D eigenvalue weighted by Crippen LogP contribution is 2.28. The van der Waals surface area contributed by atoms with Crippen LogP contribution < -0.4 is 0 Å². The molecule has 0 atom stereocenters. The first-order chi connectivity index (χ1) is 15.1. The Balaban J connectivity index is 1.60.